The Morgan fingerprint density at radius 1 is 1.36 bits per heavy atom. The largest absolute Gasteiger partial charge is 0.497 e. The van der Waals surface area contributed by atoms with Crippen LogP contribution in [-0.4, -0.2) is 46.6 Å². The van der Waals surface area contributed by atoms with Gasteiger partial charge in [-0.15, -0.1) is 0 Å². The molecule has 0 radical (unpaired) electrons. The molecule has 0 saturated carbocycles. The standard InChI is InChI=1S/C19H26N4O2/c1-14(23-11-9-18-17(12-23)21-13-22(18)2)19(24)20-10-8-15-4-6-16(25-3)7-5-15/h4-7,13-14H,8-12H2,1-3H3,(H,20,24). The van der Waals surface area contributed by atoms with Crippen molar-refractivity contribution < 1.29 is 9.53 Å². The van der Waals surface area contributed by atoms with E-state index in [0.717, 1.165) is 37.4 Å². The van der Waals surface area contributed by atoms with E-state index >= 15 is 0 Å². The van der Waals surface area contributed by atoms with Crippen LogP contribution in [0.1, 0.15) is 23.9 Å². The maximum atomic E-state index is 12.5. The Morgan fingerprint density at radius 3 is 2.84 bits per heavy atom. The van der Waals surface area contributed by atoms with Crippen LogP contribution in [0.15, 0.2) is 30.6 Å². The molecule has 0 saturated heterocycles. The molecule has 2 heterocycles. The zero-order chi connectivity index (χ0) is 17.8. The van der Waals surface area contributed by atoms with Gasteiger partial charge in [0.25, 0.3) is 0 Å². The highest BCUT2D eigenvalue weighted by molar-refractivity contribution is 5.81. The Labute approximate surface area is 148 Å². The molecule has 6 heteroatoms. The highest BCUT2D eigenvalue weighted by Gasteiger charge is 2.27. The van der Waals surface area contributed by atoms with E-state index in [-0.39, 0.29) is 11.9 Å². The van der Waals surface area contributed by atoms with Crippen molar-refractivity contribution in [1.82, 2.24) is 19.8 Å². The first-order valence-corrected chi connectivity index (χ1v) is 8.72. The summed E-state index contributed by atoms with van der Waals surface area (Å²) in [5, 5.41) is 3.05. The second-order valence-electron chi connectivity index (χ2n) is 6.53. The Hall–Kier alpha value is -2.34. The normalized spacial score (nSPS) is 15.5. The average molecular weight is 342 g/mol. The smallest absolute Gasteiger partial charge is 0.237 e. The molecule has 3 rings (SSSR count). The molecule has 0 bridgehead atoms. The number of aryl methyl sites for hydroxylation is 1. The second-order valence-corrected chi connectivity index (χ2v) is 6.53. The maximum absolute atomic E-state index is 12.5. The van der Waals surface area contributed by atoms with Crippen LogP contribution in [0, 0.1) is 0 Å². The van der Waals surface area contributed by atoms with Gasteiger partial charge in [0.1, 0.15) is 5.75 Å². The van der Waals surface area contributed by atoms with E-state index in [9.17, 15) is 4.79 Å². The number of ether oxygens (including phenoxy) is 1. The van der Waals surface area contributed by atoms with Gasteiger partial charge in [-0.1, -0.05) is 12.1 Å². The highest BCUT2D eigenvalue weighted by atomic mass is 16.5. The number of carbonyl (C=O) groups is 1. The van der Waals surface area contributed by atoms with Crippen LogP contribution in [0.4, 0.5) is 0 Å². The van der Waals surface area contributed by atoms with Crippen LogP contribution in [0.2, 0.25) is 0 Å². The third-order valence-corrected chi connectivity index (χ3v) is 4.93. The van der Waals surface area contributed by atoms with Crippen molar-refractivity contribution in [2.24, 2.45) is 7.05 Å². The molecule has 0 fully saturated rings. The Bertz CT molecular complexity index is 724. The summed E-state index contributed by atoms with van der Waals surface area (Å²) in [7, 11) is 3.68. The van der Waals surface area contributed by atoms with Crippen molar-refractivity contribution in [3.8, 4) is 5.75 Å². The fraction of sp³-hybridized carbons (Fsp3) is 0.474. The number of nitrogens with one attached hydrogen (secondary N) is 1. The zero-order valence-electron chi connectivity index (χ0n) is 15.2. The van der Waals surface area contributed by atoms with Crippen LogP contribution < -0.4 is 10.1 Å². The number of methoxy groups -OCH3 is 1. The number of fused-ring (bicyclic) bond motifs is 1. The monoisotopic (exact) mass is 342 g/mol. The maximum Gasteiger partial charge on any atom is 0.237 e. The van der Waals surface area contributed by atoms with Crippen molar-refractivity contribution in [2.45, 2.75) is 32.4 Å². The van der Waals surface area contributed by atoms with Gasteiger partial charge < -0.3 is 14.6 Å². The molecule has 1 aromatic carbocycles. The first-order valence-electron chi connectivity index (χ1n) is 8.72. The van der Waals surface area contributed by atoms with Crippen molar-refractivity contribution in [1.29, 1.82) is 0 Å². The molecule has 6 nitrogen and oxygen atoms in total. The molecule has 1 N–H and O–H groups in total. The van der Waals surface area contributed by atoms with E-state index in [0.29, 0.717) is 6.54 Å². The van der Waals surface area contributed by atoms with Crippen LogP contribution >= 0.6 is 0 Å². The van der Waals surface area contributed by atoms with Gasteiger partial charge in [0, 0.05) is 38.8 Å². The predicted octanol–water partition coefficient (Wildman–Crippen LogP) is 1.53. The van der Waals surface area contributed by atoms with Crippen LogP contribution in [0.25, 0.3) is 0 Å². The molecule has 1 unspecified atom stereocenters. The van der Waals surface area contributed by atoms with Crippen molar-refractivity contribution >= 4 is 5.91 Å². The second kappa shape index (κ2) is 7.70. The molecule has 1 aromatic heterocycles. The summed E-state index contributed by atoms with van der Waals surface area (Å²) >= 11 is 0. The third kappa shape index (κ3) is 4.02. The van der Waals surface area contributed by atoms with E-state index < -0.39 is 0 Å². The summed E-state index contributed by atoms with van der Waals surface area (Å²) in [6.07, 6.45) is 3.61. The number of nitrogens with zero attached hydrogens (tertiary/aromatic N) is 3. The molecule has 134 valence electrons. The molecular weight excluding hydrogens is 316 g/mol. The molecule has 1 aliphatic heterocycles. The van der Waals surface area contributed by atoms with Crippen LogP contribution in [0.3, 0.4) is 0 Å². The average Bonchev–Trinajstić information content (AvgIpc) is 3.02. The molecular formula is C19H26N4O2. The van der Waals surface area contributed by atoms with Crippen molar-refractivity contribution in [3.05, 3.63) is 47.5 Å². The van der Waals surface area contributed by atoms with Gasteiger partial charge in [-0.25, -0.2) is 4.98 Å². The van der Waals surface area contributed by atoms with E-state index in [1.807, 2.05) is 44.6 Å². The topological polar surface area (TPSA) is 59.4 Å². The van der Waals surface area contributed by atoms with Gasteiger partial charge in [-0.05, 0) is 31.0 Å². The summed E-state index contributed by atoms with van der Waals surface area (Å²) in [6, 6.07) is 7.80. The van der Waals surface area contributed by atoms with Gasteiger partial charge in [-0.3, -0.25) is 9.69 Å². The number of rotatable bonds is 6. The summed E-state index contributed by atoms with van der Waals surface area (Å²) in [5.41, 5.74) is 3.56. The van der Waals surface area contributed by atoms with Gasteiger partial charge in [0.15, 0.2) is 0 Å². The highest BCUT2D eigenvalue weighted by Crippen LogP contribution is 2.19. The minimum atomic E-state index is -0.147. The molecule has 0 spiro atoms. The number of aromatic nitrogens is 2. The van der Waals surface area contributed by atoms with Crippen molar-refractivity contribution in [3.63, 3.8) is 0 Å². The molecule has 25 heavy (non-hydrogen) atoms. The summed E-state index contributed by atoms with van der Waals surface area (Å²) in [4.78, 5) is 19.1. The minimum Gasteiger partial charge on any atom is -0.497 e. The lowest BCUT2D eigenvalue weighted by Gasteiger charge is -2.31. The van der Waals surface area contributed by atoms with Gasteiger partial charge in [-0.2, -0.15) is 0 Å². The van der Waals surface area contributed by atoms with E-state index in [4.69, 9.17) is 4.74 Å². The number of hydrogen-bond acceptors (Lipinski definition) is 4. The molecule has 1 aliphatic rings. The lowest BCUT2D eigenvalue weighted by atomic mass is 10.1. The SMILES string of the molecule is COc1ccc(CCNC(=O)C(C)N2CCc3c(ncn3C)C2)cc1. The molecule has 1 atom stereocenters. The number of carbonyl (C=O) groups excluding carboxylic acids is 1. The number of amides is 1. The van der Waals surface area contributed by atoms with Gasteiger partial charge >= 0.3 is 0 Å². The Balaban J connectivity index is 1.47. The molecule has 1 amide bonds. The number of hydrogen-bond donors (Lipinski definition) is 1. The van der Waals surface area contributed by atoms with Crippen LogP contribution in [0.5, 0.6) is 5.75 Å². The van der Waals surface area contributed by atoms with Gasteiger partial charge in [0.2, 0.25) is 5.91 Å². The van der Waals surface area contributed by atoms with Gasteiger partial charge in [0.05, 0.1) is 25.2 Å². The quantitative estimate of drug-likeness (QED) is 0.865. The molecule has 2 aromatic rings. The Morgan fingerprint density at radius 2 is 2.12 bits per heavy atom. The fourth-order valence-corrected chi connectivity index (χ4v) is 3.24. The third-order valence-electron chi connectivity index (χ3n) is 4.93. The fourth-order valence-electron chi connectivity index (χ4n) is 3.24. The van der Waals surface area contributed by atoms with E-state index in [1.165, 1.54) is 11.3 Å². The minimum absolute atomic E-state index is 0.0768. The lowest BCUT2D eigenvalue weighted by molar-refractivity contribution is -0.126. The number of imidazole rings is 1. The number of benzene rings is 1. The van der Waals surface area contributed by atoms with E-state index in [2.05, 4.69) is 19.8 Å². The predicted molar refractivity (Wildman–Crippen MR) is 96.5 cm³/mol. The Kier molecular flexibility index (Phi) is 5.38. The van der Waals surface area contributed by atoms with E-state index in [1.54, 1.807) is 7.11 Å². The lowest BCUT2D eigenvalue weighted by Crippen LogP contribution is -2.47. The summed E-state index contributed by atoms with van der Waals surface area (Å²) in [5.74, 6) is 0.924. The first kappa shape index (κ1) is 17.5. The first-order chi connectivity index (χ1) is 12.1. The zero-order valence-corrected chi connectivity index (χ0v) is 15.2. The summed E-state index contributed by atoms with van der Waals surface area (Å²) in [6.45, 7) is 4.23. The van der Waals surface area contributed by atoms with Crippen LogP contribution in [-0.2, 0) is 31.2 Å². The molecule has 0 aliphatic carbocycles. The summed E-state index contributed by atoms with van der Waals surface area (Å²) < 4.78 is 7.23. The van der Waals surface area contributed by atoms with Crippen molar-refractivity contribution in [2.75, 3.05) is 20.2 Å².